The largest absolute Gasteiger partial charge is 0.390 e. The van der Waals surface area contributed by atoms with Gasteiger partial charge in [-0.3, -0.25) is 9.59 Å². The van der Waals surface area contributed by atoms with Crippen LogP contribution >= 0.6 is 11.3 Å². The zero-order chi connectivity index (χ0) is 26.2. The molecule has 192 valence electrons. The predicted molar refractivity (Wildman–Crippen MR) is 135 cm³/mol. The molecule has 1 aromatic heterocycles. The molecule has 0 bridgehead atoms. The minimum Gasteiger partial charge on any atom is -0.390 e. The molecule has 0 spiro atoms. The second-order valence-corrected chi connectivity index (χ2v) is 9.52. The molecule has 10 heteroatoms. The molecule has 0 radical (unpaired) electrons. The van der Waals surface area contributed by atoms with E-state index in [2.05, 4.69) is 10.3 Å². The molecule has 3 aromatic rings. The van der Waals surface area contributed by atoms with E-state index in [0.29, 0.717) is 16.4 Å². The van der Waals surface area contributed by atoms with E-state index >= 15 is 0 Å². The number of nitrogens with one attached hydrogen (secondary N) is 1. The lowest BCUT2D eigenvalue weighted by Crippen LogP contribution is -2.46. The number of aryl methyl sites for hydroxylation is 1. The summed E-state index contributed by atoms with van der Waals surface area (Å²) in [7, 11) is 0. The highest BCUT2D eigenvalue weighted by Crippen LogP contribution is 2.18. The molecule has 2 unspecified atom stereocenters. The Morgan fingerprint density at radius 1 is 1.14 bits per heavy atom. The minimum atomic E-state index is -1.14. The smallest absolute Gasteiger partial charge is 0.229 e. The standard InChI is InChI=1S/C26H30F2N4O3S/c1-3-17-5-4-6-18(7-17)13-32(25(35)12-22-15-36-26(31-22)30-16(2)33)14-24(34)23(29)10-19-8-20(27)11-21(28)9-19/h4-9,11,15,23-24,34H,3,10,12-14,29H2,1-2H3,(H,30,31,33). The van der Waals surface area contributed by atoms with E-state index < -0.39 is 23.8 Å². The summed E-state index contributed by atoms with van der Waals surface area (Å²) < 4.78 is 27.1. The Bertz CT molecular complexity index is 1180. The van der Waals surface area contributed by atoms with E-state index in [1.54, 1.807) is 5.38 Å². The summed E-state index contributed by atoms with van der Waals surface area (Å²) in [6, 6.07) is 10.1. The summed E-state index contributed by atoms with van der Waals surface area (Å²) in [6.45, 7) is 3.58. The number of hydrogen-bond donors (Lipinski definition) is 3. The molecule has 0 saturated heterocycles. The fraction of sp³-hybridized carbons (Fsp3) is 0.346. The van der Waals surface area contributed by atoms with Crippen LogP contribution in [0.15, 0.2) is 47.8 Å². The van der Waals surface area contributed by atoms with Crippen molar-refractivity contribution in [1.82, 2.24) is 9.88 Å². The number of benzene rings is 2. The first kappa shape index (κ1) is 27.4. The molecule has 0 saturated carbocycles. The Morgan fingerprint density at radius 2 is 1.83 bits per heavy atom. The first-order valence-electron chi connectivity index (χ1n) is 11.6. The number of anilines is 1. The van der Waals surface area contributed by atoms with E-state index in [9.17, 15) is 23.5 Å². The van der Waals surface area contributed by atoms with Crippen LogP contribution in [0, 0.1) is 11.6 Å². The number of rotatable bonds is 11. The van der Waals surface area contributed by atoms with E-state index in [1.165, 1.54) is 35.3 Å². The van der Waals surface area contributed by atoms with Gasteiger partial charge >= 0.3 is 0 Å². The molecule has 0 fully saturated rings. The molecule has 36 heavy (non-hydrogen) atoms. The lowest BCUT2D eigenvalue weighted by molar-refractivity contribution is -0.132. The monoisotopic (exact) mass is 516 g/mol. The third-order valence-corrected chi connectivity index (χ3v) is 6.39. The summed E-state index contributed by atoms with van der Waals surface area (Å²) in [4.78, 5) is 30.3. The van der Waals surface area contributed by atoms with Gasteiger partial charge in [0.1, 0.15) is 11.6 Å². The maximum absolute atomic E-state index is 13.6. The summed E-state index contributed by atoms with van der Waals surface area (Å²) in [6.07, 6.45) is -0.291. The topological polar surface area (TPSA) is 109 Å². The highest BCUT2D eigenvalue weighted by molar-refractivity contribution is 7.13. The summed E-state index contributed by atoms with van der Waals surface area (Å²) >= 11 is 1.22. The van der Waals surface area contributed by atoms with Crippen LogP contribution < -0.4 is 11.1 Å². The van der Waals surface area contributed by atoms with Crippen LogP contribution in [0.5, 0.6) is 0 Å². The fourth-order valence-electron chi connectivity index (χ4n) is 3.78. The number of aliphatic hydroxyl groups excluding tert-OH is 1. The maximum Gasteiger partial charge on any atom is 0.229 e. The number of nitrogens with two attached hydrogens (primary N) is 1. The van der Waals surface area contributed by atoms with E-state index in [4.69, 9.17) is 5.73 Å². The number of aliphatic hydroxyl groups is 1. The lowest BCUT2D eigenvalue weighted by atomic mass is 10.0. The van der Waals surface area contributed by atoms with Crippen molar-refractivity contribution >= 4 is 28.3 Å². The highest BCUT2D eigenvalue weighted by Gasteiger charge is 2.24. The molecule has 7 nitrogen and oxygen atoms in total. The highest BCUT2D eigenvalue weighted by atomic mass is 32.1. The number of halogens is 2. The number of carbonyl (C=O) groups excluding carboxylic acids is 2. The molecule has 3 rings (SSSR count). The average molecular weight is 517 g/mol. The molecule has 4 N–H and O–H groups in total. The first-order chi connectivity index (χ1) is 17.1. The molecule has 1 heterocycles. The molecule has 0 aliphatic rings. The number of amides is 2. The predicted octanol–water partition coefficient (Wildman–Crippen LogP) is 3.44. The van der Waals surface area contributed by atoms with E-state index in [1.807, 2.05) is 31.2 Å². The maximum atomic E-state index is 13.6. The van der Waals surface area contributed by atoms with Crippen LogP contribution in [-0.4, -0.2) is 45.5 Å². The van der Waals surface area contributed by atoms with Crippen molar-refractivity contribution in [1.29, 1.82) is 0 Å². The first-order valence-corrected chi connectivity index (χ1v) is 12.5. The number of nitrogens with zero attached hydrogens (tertiary/aromatic N) is 2. The SMILES string of the molecule is CCc1cccc(CN(CC(O)C(N)Cc2cc(F)cc(F)c2)C(=O)Cc2csc(NC(C)=O)n2)c1. The molecular weight excluding hydrogens is 486 g/mol. The second-order valence-electron chi connectivity index (χ2n) is 8.66. The Hall–Kier alpha value is -3.21. The zero-order valence-corrected chi connectivity index (χ0v) is 21.0. The van der Waals surface area contributed by atoms with E-state index in [-0.39, 0.29) is 37.7 Å². The van der Waals surface area contributed by atoms with Crippen molar-refractivity contribution in [3.8, 4) is 0 Å². The van der Waals surface area contributed by atoms with Crippen LogP contribution in [0.2, 0.25) is 0 Å². The van der Waals surface area contributed by atoms with Crippen LogP contribution in [0.25, 0.3) is 0 Å². The molecular formula is C26H30F2N4O3S. The molecule has 2 atom stereocenters. The summed E-state index contributed by atoms with van der Waals surface area (Å²) in [5.74, 6) is -1.98. The van der Waals surface area contributed by atoms with Gasteiger partial charge in [0.2, 0.25) is 11.8 Å². The van der Waals surface area contributed by atoms with Crippen molar-refractivity contribution in [2.24, 2.45) is 5.73 Å². The number of aromatic nitrogens is 1. The average Bonchev–Trinajstić information content (AvgIpc) is 3.23. The van der Waals surface area contributed by atoms with Gasteiger partial charge in [0.15, 0.2) is 5.13 Å². The van der Waals surface area contributed by atoms with Crippen molar-refractivity contribution < 1.29 is 23.5 Å². The van der Waals surface area contributed by atoms with Gasteiger partial charge in [-0.25, -0.2) is 13.8 Å². The second kappa shape index (κ2) is 12.7. The Morgan fingerprint density at radius 3 is 2.50 bits per heavy atom. The van der Waals surface area contributed by atoms with Crippen molar-refractivity contribution in [3.05, 3.63) is 81.9 Å². The Balaban J connectivity index is 1.74. The number of carbonyl (C=O) groups is 2. The van der Waals surface area contributed by atoms with Crippen LogP contribution in [0.4, 0.5) is 13.9 Å². The quantitative estimate of drug-likeness (QED) is 0.362. The van der Waals surface area contributed by atoms with Crippen LogP contribution in [0.1, 0.15) is 36.2 Å². The third-order valence-electron chi connectivity index (χ3n) is 5.59. The molecule has 2 aromatic carbocycles. The Labute approximate surface area is 213 Å². The summed E-state index contributed by atoms with van der Waals surface area (Å²) in [5, 5.41) is 15.5. The summed E-state index contributed by atoms with van der Waals surface area (Å²) in [5.41, 5.74) is 8.98. The number of hydrogen-bond acceptors (Lipinski definition) is 6. The van der Waals surface area contributed by atoms with Gasteiger partial charge < -0.3 is 21.1 Å². The fourth-order valence-corrected chi connectivity index (χ4v) is 4.54. The zero-order valence-electron chi connectivity index (χ0n) is 20.2. The van der Waals surface area contributed by atoms with Gasteiger partial charge in [-0.2, -0.15) is 0 Å². The van der Waals surface area contributed by atoms with Gasteiger partial charge in [-0.1, -0.05) is 31.2 Å². The van der Waals surface area contributed by atoms with Crippen LogP contribution in [-0.2, 0) is 35.4 Å². The van der Waals surface area contributed by atoms with Gasteiger partial charge in [-0.05, 0) is 41.7 Å². The number of thiazole rings is 1. The molecule has 0 aliphatic carbocycles. The normalized spacial score (nSPS) is 12.7. The van der Waals surface area contributed by atoms with Gasteiger partial charge in [-0.15, -0.1) is 11.3 Å². The third kappa shape index (κ3) is 8.18. The van der Waals surface area contributed by atoms with E-state index in [0.717, 1.165) is 23.6 Å². The Kier molecular flexibility index (Phi) is 9.63. The molecule has 0 aliphatic heterocycles. The lowest BCUT2D eigenvalue weighted by Gasteiger charge is -2.28. The minimum absolute atomic E-state index is 0.0272. The van der Waals surface area contributed by atoms with Crippen molar-refractivity contribution in [3.63, 3.8) is 0 Å². The van der Waals surface area contributed by atoms with Crippen LogP contribution in [0.3, 0.4) is 0 Å². The van der Waals surface area contributed by atoms with Gasteiger partial charge in [0.25, 0.3) is 0 Å². The van der Waals surface area contributed by atoms with Gasteiger partial charge in [0.05, 0.1) is 18.2 Å². The van der Waals surface area contributed by atoms with Gasteiger partial charge in [0, 0.05) is 37.5 Å². The molecule has 2 amide bonds. The van der Waals surface area contributed by atoms with Crippen molar-refractivity contribution in [2.75, 3.05) is 11.9 Å². The van der Waals surface area contributed by atoms with Crippen molar-refractivity contribution in [2.45, 2.75) is 51.8 Å².